The highest BCUT2D eigenvalue weighted by molar-refractivity contribution is 5.86. The van der Waals surface area contributed by atoms with Crippen molar-refractivity contribution >= 4 is 30.8 Å². The summed E-state index contributed by atoms with van der Waals surface area (Å²) in [5.74, 6) is -1.10. The first-order valence-corrected chi connectivity index (χ1v) is 5.11. The molecule has 0 spiro atoms. The van der Waals surface area contributed by atoms with Gasteiger partial charge in [0, 0.05) is 11.8 Å². The van der Waals surface area contributed by atoms with Crippen LogP contribution in [0.1, 0.15) is 11.1 Å². The summed E-state index contributed by atoms with van der Waals surface area (Å²) in [4.78, 5) is 11.5. The van der Waals surface area contributed by atoms with Crippen molar-refractivity contribution in [3.63, 3.8) is 0 Å². The molecule has 1 aromatic heterocycles. The van der Waals surface area contributed by atoms with Crippen molar-refractivity contribution in [3.05, 3.63) is 53.9 Å². The second-order valence-corrected chi connectivity index (χ2v) is 3.72. The van der Waals surface area contributed by atoms with Gasteiger partial charge in [-0.1, -0.05) is 30.3 Å². The molecule has 0 fully saturated rings. The standard InChI is InChI=1S/C12H12N2O3.2ClH/c15-8-12(11(16)17,10-6-13-14-7-10)9-4-2-1-3-5-9;;/h1-7,15H,8H2,(H,13,14)(H,16,17);2*1H. The number of H-pyrrole nitrogens is 1. The molecular weight excluding hydrogens is 291 g/mol. The number of hydrogen-bond donors (Lipinski definition) is 3. The fourth-order valence-corrected chi connectivity index (χ4v) is 1.87. The summed E-state index contributed by atoms with van der Waals surface area (Å²) in [6, 6.07) is 8.63. The number of carboxylic acid groups (broad SMARTS) is 1. The first kappa shape index (κ1) is 17.4. The van der Waals surface area contributed by atoms with E-state index in [0.717, 1.165) is 0 Å². The minimum absolute atomic E-state index is 0. The van der Waals surface area contributed by atoms with Crippen LogP contribution in [0.5, 0.6) is 0 Å². The molecule has 0 aliphatic heterocycles. The van der Waals surface area contributed by atoms with Crippen molar-refractivity contribution in [2.45, 2.75) is 5.41 Å². The van der Waals surface area contributed by atoms with Crippen molar-refractivity contribution in [2.75, 3.05) is 6.61 Å². The highest BCUT2D eigenvalue weighted by Gasteiger charge is 2.42. The first-order chi connectivity index (χ1) is 8.21. The Hall–Kier alpha value is -1.56. The number of benzene rings is 1. The van der Waals surface area contributed by atoms with Crippen LogP contribution in [0, 0.1) is 0 Å². The fourth-order valence-electron chi connectivity index (χ4n) is 1.87. The molecule has 1 unspecified atom stereocenters. The number of halogens is 2. The van der Waals surface area contributed by atoms with E-state index in [2.05, 4.69) is 10.2 Å². The Morgan fingerprint density at radius 3 is 2.26 bits per heavy atom. The van der Waals surface area contributed by atoms with Gasteiger partial charge >= 0.3 is 5.97 Å². The minimum Gasteiger partial charge on any atom is -0.480 e. The third-order valence-corrected chi connectivity index (χ3v) is 2.86. The van der Waals surface area contributed by atoms with Crippen LogP contribution in [0.4, 0.5) is 0 Å². The lowest BCUT2D eigenvalue weighted by Crippen LogP contribution is -2.40. The second-order valence-electron chi connectivity index (χ2n) is 3.72. The van der Waals surface area contributed by atoms with E-state index >= 15 is 0 Å². The molecule has 19 heavy (non-hydrogen) atoms. The summed E-state index contributed by atoms with van der Waals surface area (Å²) in [5, 5.41) is 25.3. The zero-order valence-electron chi connectivity index (χ0n) is 9.81. The molecule has 1 heterocycles. The van der Waals surface area contributed by atoms with Crippen LogP contribution >= 0.6 is 24.8 Å². The number of aliphatic hydroxyl groups excluding tert-OH is 1. The first-order valence-electron chi connectivity index (χ1n) is 5.11. The van der Waals surface area contributed by atoms with Crippen LogP contribution in [0.3, 0.4) is 0 Å². The number of nitrogens with zero attached hydrogens (tertiary/aromatic N) is 1. The number of carbonyl (C=O) groups is 1. The maximum Gasteiger partial charge on any atom is 0.321 e. The molecule has 0 saturated carbocycles. The Labute approximate surface area is 122 Å². The van der Waals surface area contributed by atoms with Gasteiger partial charge in [0.05, 0.1) is 12.8 Å². The van der Waals surface area contributed by atoms with E-state index in [1.54, 1.807) is 30.3 Å². The number of hydrogen-bond acceptors (Lipinski definition) is 3. The smallest absolute Gasteiger partial charge is 0.321 e. The SMILES string of the molecule is Cl.Cl.O=C(O)C(CO)(c1ccccc1)c1cn[nH]c1. The number of nitrogens with one attached hydrogen (secondary N) is 1. The quantitative estimate of drug-likeness (QED) is 0.801. The molecule has 0 aliphatic rings. The zero-order chi connectivity index (χ0) is 12.3. The van der Waals surface area contributed by atoms with E-state index in [1.807, 2.05) is 0 Å². The Bertz CT molecular complexity index is 505. The van der Waals surface area contributed by atoms with Gasteiger partial charge in [-0.15, -0.1) is 24.8 Å². The van der Waals surface area contributed by atoms with Crippen LogP contribution in [-0.4, -0.2) is 33.0 Å². The van der Waals surface area contributed by atoms with Crippen molar-refractivity contribution in [1.82, 2.24) is 10.2 Å². The topological polar surface area (TPSA) is 86.2 Å². The molecule has 0 radical (unpaired) electrons. The second kappa shape index (κ2) is 7.13. The lowest BCUT2D eigenvalue weighted by Gasteiger charge is -2.26. The third kappa shape index (κ3) is 2.89. The summed E-state index contributed by atoms with van der Waals surface area (Å²) >= 11 is 0. The lowest BCUT2D eigenvalue weighted by atomic mass is 9.76. The largest absolute Gasteiger partial charge is 0.480 e. The van der Waals surface area contributed by atoms with E-state index in [-0.39, 0.29) is 24.8 Å². The number of aromatic amines is 1. The highest BCUT2D eigenvalue weighted by Crippen LogP contribution is 2.31. The molecule has 7 heteroatoms. The van der Waals surface area contributed by atoms with Crippen LogP contribution < -0.4 is 0 Å². The predicted molar refractivity (Wildman–Crippen MR) is 75.0 cm³/mol. The normalized spacial score (nSPS) is 12.7. The molecular formula is C12H14Cl2N2O3. The van der Waals surface area contributed by atoms with Gasteiger partial charge in [0.1, 0.15) is 5.41 Å². The van der Waals surface area contributed by atoms with Gasteiger partial charge in [-0.25, -0.2) is 0 Å². The summed E-state index contributed by atoms with van der Waals surface area (Å²) in [6.45, 7) is -0.522. The maximum absolute atomic E-state index is 11.5. The summed E-state index contributed by atoms with van der Waals surface area (Å²) < 4.78 is 0. The highest BCUT2D eigenvalue weighted by atomic mass is 35.5. The van der Waals surface area contributed by atoms with E-state index in [9.17, 15) is 15.0 Å². The molecule has 5 nitrogen and oxygen atoms in total. The van der Waals surface area contributed by atoms with E-state index in [1.165, 1.54) is 12.4 Å². The van der Waals surface area contributed by atoms with Crippen molar-refractivity contribution in [3.8, 4) is 0 Å². The van der Waals surface area contributed by atoms with Crippen LogP contribution in [0.25, 0.3) is 0 Å². The molecule has 2 aromatic rings. The lowest BCUT2D eigenvalue weighted by molar-refractivity contribution is -0.143. The van der Waals surface area contributed by atoms with Crippen molar-refractivity contribution in [1.29, 1.82) is 0 Å². The van der Waals surface area contributed by atoms with Gasteiger partial charge in [0.15, 0.2) is 0 Å². The molecule has 2 rings (SSSR count). The molecule has 104 valence electrons. The predicted octanol–water partition coefficient (Wildman–Crippen LogP) is 1.62. The monoisotopic (exact) mass is 304 g/mol. The summed E-state index contributed by atoms with van der Waals surface area (Å²) in [6.07, 6.45) is 2.90. The van der Waals surface area contributed by atoms with Crippen LogP contribution in [-0.2, 0) is 10.2 Å². The number of aliphatic hydroxyl groups is 1. The van der Waals surface area contributed by atoms with E-state index in [4.69, 9.17) is 0 Å². The molecule has 0 amide bonds. The Morgan fingerprint density at radius 2 is 1.84 bits per heavy atom. The number of rotatable bonds is 4. The molecule has 3 N–H and O–H groups in total. The Morgan fingerprint density at radius 1 is 1.21 bits per heavy atom. The van der Waals surface area contributed by atoms with Crippen LogP contribution in [0.15, 0.2) is 42.7 Å². The summed E-state index contributed by atoms with van der Waals surface area (Å²) in [5.41, 5.74) is -0.510. The number of carboxylic acids is 1. The fraction of sp³-hybridized carbons (Fsp3) is 0.167. The third-order valence-electron chi connectivity index (χ3n) is 2.86. The van der Waals surface area contributed by atoms with Gasteiger partial charge in [0.25, 0.3) is 0 Å². The maximum atomic E-state index is 11.5. The molecule has 0 aliphatic carbocycles. The van der Waals surface area contributed by atoms with Crippen molar-refractivity contribution in [2.24, 2.45) is 0 Å². The van der Waals surface area contributed by atoms with Gasteiger partial charge in [-0.2, -0.15) is 5.10 Å². The molecule has 0 saturated heterocycles. The average molecular weight is 305 g/mol. The van der Waals surface area contributed by atoms with E-state index < -0.39 is 18.0 Å². The molecule has 1 atom stereocenters. The zero-order valence-corrected chi connectivity index (χ0v) is 11.4. The molecule has 1 aromatic carbocycles. The number of aromatic nitrogens is 2. The average Bonchev–Trinajstić information content (AvgIpc) is 2.86. The number of aliphatic carboxylic acids is 1. The Kier molecular flexibility index (Phi) is 6.55. The van der Waals surface area contributed by atoms with Crippen molar-refractivity contribution < 1.29 is 15.0 Å². The summed E-state index contributed by atoms with van der Waals surface area (Å²) in [7, 11) is 0. The van der Waals surface area contributed by atoms with Gasteiger partial charge in [-0.3, -0.25) is 9.89 Å². The van der Waals surface area contributed by atoms with Gasteiger partial charge in [-0.05, 0) is 5.56 Å². The van der Waals surface area contributed by atoms with E-state index in [0.29, 0.717) is 11.1 Å². The van der Waals surface area contributed by atoms with Gasteiger partial charge < -0.3 is 10.2 Å². The van der Waals surface area contributed by atoms with Gasteiger partial charge in [0.2, 0.25) is 0 Å². The van der Waals surface area contributed by atoms with Crippen LogP contribution in [0.2, 0.25) is 0 Å². The molecule has 0 bridgehead atoms. The minimum atomic E-state index is -1.46. The Balaban J connectivity index is 0.00000162.